The van der Waals surface area contributed by atoms with Crippen LogP contribution in [-0.4, -0.2) is 26.0 Å². The van der Waals surface area contributed by atoms with Crippen LogP contribution in [0.1, 0.15) is 19.9 Å². The highest BCUT2D eigenvalue weighted by molar-refractivity contribution is 4.69. The summed E-state index contributed by atoms with van der Waals surface area (Å²) in [5.41, 5.74) is -0.293. The van der Waals surface area contributed by atoms with Crippen LogP contribution in [0.4, 0.5) is 0 Å². The van der Waals surface area contributed by atoms with Gasteiger partial charge in [-0.05, 0) is 13.8 Å². The number of aromatic amines is 1. The number of aliphatic hydroxyl groups is 1. The molecule has 2 unspecified atom stereocenters. The van der Waals surface area contributed by atoms with Crippen LogP contribution in [0, 0.1) is 0 Å². The second-order valence-corrected chi connectivity index (χ2v) is 2.52. The van der Waals surface area contributed by atoms with Gasteiger partial charge in [-0.25, -0.2) is 9.48 Å². The van der Waals surface area contributed by atoms with Gasteiger partial charge in [-0.15, -0.1) is 0 Å². The van der Waals surface area contributed by atoms with Crippen molar-refractivity contribution in [3.05, 3.63) is 16.8 Å². The molecule has 0 saturated carbocycles. The van der Waals surface area contributed by atoms with Crippen LogP contribution in [0.15, 0.2) is 11.1 Å². The molecule has 0 aliphatic rings. The highest BCUT2D eigenvalue weighted by atomic mass is 16.3. The summed E-state index contributed by atoms with van der Waals surface area (Å²) in [5, 5.41) is 12.8. The van der Waals surface area contributed by atoms with E-state index < -0.39 is 6.10 Å². The van der Waals surface area contributed by atoms with Crippen molar-refractivity contribution in [2.24, 2.45) is 0 Å². The lowest BCUT2D eigenvalue weighted by molar-refractivity contribution is 0.130. The van der Waals surface area contributed by atoms with E-state index in [-0.39, 0.29) is 11.7 Å². The topological polar surface area (TPSA) is 70.9 Å². The van der Waals surface area contributed by atoms with Crippen molar-refractivity contribution in [2.75, 3.05) is 0 Å². The Morgan fingerprint density at radius 2 is 2.36 bits per heavy atom. The standard InChI is InChI=1S/C6H11N3O2/c1-4(5(2)10)9-6(11)7-3-8-9/h3-5,10H,1-2H3,(H,7,8,11). The number of aliphatic hydroxyl groups excluding tert-OH is 1. The van der Waals surface area contributed by atoms with E-state index in [1.54, 1.807) is 13.8 Å². The Morgan fingerprint density at radius 1 is 1.73 bits per heavy atom. The number of hydrogen-bond acceptors (Lipinski definition) is 3. The zero-order valence-electron chi connectivity index (χ0n) is 6.48. The van der Waals surface area contributed by atoms with E-state index in [0.29, 0.717) is 0 Å². The van der Waals surface area contributed by atoms with Crippen LogP contribution in [0.2, 0.25) is 0 Å². The third-order valence-electron chi connectivity index (χ3n) is 1.66. The van der Waals surface area contributed by atoms with Gasteiger partial charge in [-0.3, -0.25) is 4.98 Å². The Kier molecular flexibility index (Phi) is 2.09. The molecule has 5 heteroatoms. The first-order chi connectivity index (χ1) is 5.13. The van der Waals surface area contributed by atoms with E-state index in [0.717, 1.165) is 0 Å². The molecule has 5 nitrogen and oxygen atoms in total. The Balaban J connectivity index is 2.93. The van der Waals surface area contributed by atoms with Crippen LogP contribution >= 0.6 is 0 Å². The van der Waals surface area contributed by atoms with Gasteiger partial charge in [0.15, 0.2) is 0 Å². The molecular formula is C6H11N3O2. The second-order valence-electron chi connectivity index (χ2n) is 2.52. The lowest BCUT2D eigenvalue weighted by Crippen LogP contribution is -2.28. The molecule has 0 fully saturated rings. The highest BCUT2D eigenvalue weighted by Gasteiger charge is 2.13. The molecule has 1 rings (SSSR count). The number of aromatic nitrogens is 3. The summed E-state index contributed by atoms with van der Waals surface area (Å²) in [6.45, 7) is 3.35. The van der Waals surface area contributed by atoms with Crippen molar-refractivity contribution < 1.29 is 5.11 Å². The first-order valence-electron chi connectivity index (χ1n) is 3.43. The fraction of sp³-hybridized carbons (Fsp3) is 0.667. The maximum Gasteiger partial charge on any atom is 0.343 e. The van der Waals surface area contributed by atoms with Crippen molar-refractivity contribution in [1.82, 2.24) is 14.8 Å². The van der Waals surface area contributed by atoms with Gasteiger partial charge in [0.1, 0.15) is 6.33 Å². The molecule has 2 N–H and O–H groups in total. The molecule has 0 aromatic carbocycles. The first kappa shape index (κ1) is 8.00. The molecule has 0 aliphatic carbocycles. The van der Waals surface area contributed by atoms with E-state index in [1.807, 2.05) is 0 Å². The largest absolute Gasteiger partial charge is 0.391 e. The van der Waals surface area contributed by atoms with Crippen molar-refractivity contribution >= 4 is 0 Å². The zero-order valence-corrected chi connectivity index (χ0v) is 6.48. The van der Waals surface area contributed by atoms with Crippen LogP contribution in [-0.2, 0) is 0 Å². The zero-order chi connectivity index (χ0) is 8.43. The number of H-pyrrole nitrogens is 1. The molecular weight excluding hydrogens is 146 g/mol. The van der Waals surface area contributed by atoms with E-state index in [2.05, 4.69) is 10.1 Å². The number of rotatable bonds is 2. The Bertz CT molecular complexity index is 275. The molecule has 2 atom stereocenters. The minimum absolute atomic E-state index is 0.284. The molecule has 0 amide bonds. The third kappa shape index (κ3) is 1.48. The minimum Gasteiger partial charge on any atom is -0.391 e. The number of hydrogen-bond donors (Lipinski definition) is 2. The van der Waals surface area contributed by atoms with Gasteiger partial charge in [0.05, 0.1) is 12.1 Å². The van der Waals surface area contributed by atoms with Crippen LogP contribution < -0.4 is 5.69 Å². The van der Waals surface area contributed by atoms with Gasteiger partial charge < -0.3 is 5.11 Å². The number of nitrogens with one attached hydrogen (secondary N) is 1. The summed E-state index contributed by atoms with van der Waals surface area (Å²) < 4.78 is 1.21. The maximum atomic E-state index is 10.9. The fourth-order valence-corrected chi connectivity index (χ4v) is 0.759. The van der Waals surface area contributed by atoms with Crippen molar-refractivity contribution in [3.63, 3.8) is 0 Å². The molecule has 0 bridgehead atoms. The summed E-state index contributed by atoms with van der Waals surface area (Å²) in [7, 11) is 0. The normalized spacial score (nSPS) is 16.3. The van der Waals surface area contributed by atoms with Crippen molar-refractivity contribution in [2.45, 2.75) is 26.0 Å². The molecule has 0 saturated heterocycles. The molecule has 1 aromatic rings. The van der Waals surface area contributed by atoms with E-state index in [1.165, 1.54) is 11.0 Å². The van der Waals surface area contributed by atoms with Gasteiger partial charge in [-0.1, -0.05) is 0 Å². The fourth-order valence-electron chi connectivity index (χ4n) is 0.759. The second kappa shape index (κ2) is 2.87. The highest BCUT2D eigenvalue weighted by Crippen LogP contribution is 2.04. The van der Waals surface area contributed by atoms with Gasteiger partial charge in [-0.2, -0.15) is 5.10 Å². The number of nitrogens with zero attached hydrogens (tertiary/aromatic N) is 2. The predicted molar refractivity (Wildman–Crippen MR) is 39.2 cm³/mol. The monoisotopic (exact) mass is 157 g/mol. The summed E-state index contributed by atoms with van der Waals surface area (Å²) in [6.07, 6.45) is 0.734. The summed E-state index contributed by atoms with van der Waals surface area (Å²) in [4.78, 5) is 13.3. The molecule has 1 heterocycles. The lowest BCUT2D eigenvalue weighted by Gasteiger charge is -2.12. The van der Waals surface area contributed by atoms with E-state index in [4.69, 9.17) is 5.11 Å². The Hall–Kier alpha value is -1.10. The van der Waals surface area contributed by atoms with Crippen LogP contribution in [0.5, 0.6) is 0 Å². The van der Waals surface area contributed by atoms with Gasteiger partial charge >= 0.3 is 5.69 Å². The maximum absolute atomic E-state index is 10.9. The summed E-state index contributed by atoms with van der Waals surface area (Å²) in [6, 6.07) is -0.284. The summed E-state index contributed by atoms with van der Waals surface area (Å²) >= 11 is 0. The SMILES string of the molecule is CC(O)C(C)n1nc[nH]c1=O. The van der Waals surface area contributed by atoms with E-state index >= 15 is 0 Å². The van der Waals surface area contributed by atoms with Crippen LogP contribution in [0.25, 0.3) is 0 Å². The Labute approximate surface area is 63.7 Å². The minimum atomic E-state index is -0.573. The average Bonchev–Trinajstić information content (AvgIpc) is 2.33. The third-order valence-corrected chi connectivity index (χ3v) is 1.66. The first-order valence-corrected chi connectivity index (χ1v) is 3.43. The average molecular weight is 157 g/mol. The molecule has 0 radical (unpaired) electrons. The van der Waals surface area contributed by atoms with Gasteiger partial charge in [0.25, 0.3) is 0 Å². The van der Waals surface area contributed by atoms with Gasteiger partial charge in [0, 0.05) is 0 Å². The molecule has 0 aliphatic heterocycles. The summed E-state index contributed by atoms with van der Waals surface area (Å²) in [5.74, 6) is 0. The Morgan fingerprint density at radius 3 is 2.73 bits per heavy atom. The van der Waals surface area contributed by atoms with Crippen molar-refractivity contribution in [1.29, 1.82) is 0 Å². The van der Waals surface area contributed by atoms with Crippen LogP contribution in [0.3, 0.4) is 0 Å². The lowest BCUT2D eigenvalue weighted by atomic mass is 10.2. The quantitative estimate of drug-likeness (QED) is 0.608. The van der Waals surface area contributed by atoms with Crippen molar-refractivity contribution in [3.8, 4) is 0 Å². The molecule has 11 heavy (non-hydrogen) atoms. The predicted octanol–water partition coefficient (Wildman–Crippen LogP) is -0.487. The van der Waals surface area contributed by atoms with Gasteiger partial charge in [0.2, 0.25) is 0 Å². The molecule has 1 aromatic heterocycles. The molecule has 0 spiro atoms. The smallest absolute Gasteiger partial charge is 0.343 e. The molecule has 62 valence electrons. The van der Waals surface area contributed by atoms with E-state index in [9.17, 15) is 4.79 Å².